The van der Waals surface area contributed by atoms with E-state index in [1.54, 1.807) is 19.4 Å². The minimum Gasteiger partial charge on any atom is -0.394 e. The van der Waals surface area contributed by atoms with Crippen LogP contribution in [0, 0.1) is 0 Å². The molecule has 15 heavy (non-hydrogen) atoms. The van der Waals surface area contributed by atoms with Gasteiger partial charge in [0, 0.05) is 26.0 Å². The molecule has 0 aliphatic carbocycles. The van der Waals surface area contributed by atoms with Crippen molar-refractivity contribution in [1.29, 1.82) is 0 Å². The summed E-state index contributed by atoms with van der Waals surface area (Å²) in [5, 5.41) is 9.18. The second-order valence-corrected chi connectivity index (χ2v) is 3.84. The molecule has 5 heteroatoms. The molecule has 1 aromatic heterocycles. The fraction of sp³-hybridized carbons (Fsp3) is 0.600. The van der Waals surface area contributed by atoms with Gasteiger partial charge < -0.3 is 14.6 Å². The summed E-state index contributed by atoms with van der Waals surface area (Å²) in [5.41, 5.74) is -0.0992. The predicted molar refractivity (Wildman–Crippen MR) is 56.9 cm³/mol. The van der Waals surface area contributed by atoms with Crippen LogP contribution in [0.1, 0.15) is 12.8 Å². The fourth-order valence-corrected chi connectivity index (χ4v) is 1.99. The van der Waals surface area contributed by atoms with Crippen LogP contribution >= 0.6 is 0 Å². The van der Waals surface area contributed by atoms with E-state index in [0.29, 0.717) is 5.82 Å². The number of anilines is 1. The van der Waals surface area contributed by atoms with Crippen molar-refractivity contribution in [2.75, 3.05) is 18.1 Å². The van der Waals surface area contributed by atoms with Gasteiger partial charge in [0.05, 0.1) is 12.6 Å². The number of hydrogen-bond donors (Lipinski definition) is 1. The smallest absolute Gasteiger partial charge is 0.293 e. The summed E-state index contributed by atoms with van der Waals surface area (Å²) in [6.07, 6.45) is 5.18. The Labute approximate surface area is 88.0 Å². The van der Waals surface area contributed by atoms with Crippen molar-refractivity contribution in [1.82, 2.24) is 9.55 Å². The molecule has 0 unspecified atom stereocenters. The molecule has 1 aliphatic heterocycles. The van der Waals surface area contributed by atoms with Crippen molar-refractivity contribution in [3.05, 3.63) is 22.7 Å². The molecule has 1 saturated heterocycles. The van der Waals surface area contributed by atoms with E-state index < -0.39 is 0 Å². The van der Waals surface area contributed by atoms with Crippen LogP contribution in [0.25, 0.3) is 0 Å². The topological polar surface area (TPSA) is 58.4 Å². The van der Waals surface area contributed by atoms with E-state index in [1.165, 1.54) is 4.57 Å². The van der Waals surface area contributed by atoms with Crippen LogP contribution in [0.4, 0.5) is 5.82 Å². The summed E-state index contributed by atoms with van der Waals surface area (Å²) < 4.78 is 1.51. The molecule has 0 aromatic carbocycles. The van der Waals surface area contributed by atoms with E-state index in [2.05, 4.69) is 4.98 Å². The lowest BCUT2D eigenvalue weighted by Gasteiger charge is -2.23. The van der Waals surface area contributed by atoms with Gasteiger partial charge >= 0.3 is 0 Å². The molecule has 1 aromatic rings. The Balaban J connectivity index is 2.37. The molecule has 2 heterocycles. The molecular weight excluding hydrogens is 194 g/mol. The summed E-state index contributed by atoms with van der Waals surface area (Å²) in [4.78, 5) is 17.8. The Kier molecular flexibility index (Phi) is 2.73. The Morgan fingerprint density at radius 3 is 3.20 bits per heavy atom. The fourth-order valence-electron chi connectivity index (χ4n) is 1.99. The minimum absolute atomic E-state index is 0.0487. The first kappa shape index (κ1) is 10.2. The highest BCUT2D eigenvalue weighted by molar-refractivity contribution is 5.38. The van der Waals surface area contributed by atoms with Gasteiger partial charge in [-0.15, -0.1) is 0 Å². The first-order chi connectivity index (χ1) is 7.24. The lowest BCUT2D eigenvalue weighted by atomic mass is 10.2. The van der Waals surface area contributed by atoms with Crippen LogP contribution in [0.5, 0.6) is 0 Å². The van der Waals surface area contributed by atoms with Gasteiger partial charge in [-0.1, -0.05) is 0 Å². The maximum Gasteiger partial charge on any atom is 0.293 e. The van der Waals surface area contributed by atoms with Crippen LogP contribution in [-0.2, 0) is 7.05 Å². The summed E-state index contributed by atoms with van der Waals surface area (Å²) in [6, 6.07) is 0.0487. The van der Waals surface area contributed by atoms with E-state index in [0.717, 1.165) is 19.4 Å². The summed E-state index contributed by atoms with van der Waals surface area (Å²) >= 11 is 0. The van der Waals surface area contributed by atoms with Crippen LogP contribution in [0.3, 0.4) is 0 Å². The van der Waals surface area contributed by atoms with Crippen LogP contribution < -0.4 is 10.5 Å². The summed E-state index contributed by atoms with van der Waals surface area (Å²) in [5.74, 6) is 0.455. The van der Waals surface area contributed by atoms with Gasteiger partial charge in [0.15, 0.2) is 5.82 Å². The van der Waals surface area contributed by atoms with Crippen molar-refractivity contribution in [3.63, 3.8) is 0 Å². The third-order valence-electron chi connectivity index (χ3n) is 2.86. The van der Waals surface area contributed by atoms with E-state index in [-0.39, 0.29) is 18.2 Å². The van der Waals surface area contributed by atoms with Crippen molar-refractivity contribution < 1.29 is 5.11 Å². The third-order valence-corrected chi connectivity index (χ3v) is 2.86. The van der Waals surface area contributed by atoms with Gasteiger partial charge in [-0.3, -0.25) is 4.79 Å². The Morgan fingerprint density at radius 2 is 2.47 bits per heavy atom. The predicted octanol–water partition coefficient (Wildman–Crippen LogP) is -0.259. The highest BCUT2D eigenvalue weighted by Crippen LogP contribution is 2.20. The Bertz CT molecular complexity index is 402. The maximum atomic E-state index is 11.8. The number of hydrogen-bond acceptors (Lipinski definition) is 4. The Hall–Kier alpha value is -1.36. The molecule has 1 N–H and O–H groups in total. The van der Waals surface area contributed by atoms with Gasteiger partial charge in [-0.05, 0) is 12.8 Å². The van der Waals surface area contributed by atoms with E-state index in [9.17, 15) is 9.90 Å². The maximum absolute atomic E-state index is 11.8. The average molecular weight is 209 g/mol. The minimum atomic E-state index is -0.0992. The van der Waals surface area contributed by atoms with E-state index >= 15 is 0 Å². The first-order valence-electron chi connectivity index (χ1n) is 5.13. The first-order valence-corrected chi connectivity index (χ1v) is 5.13. The third kappa shape index (κ3) is 1.74. The van der Waals surface area contributed by atoms with Crippen LogP contribution in [-0.4, -0.2) is 33.9 Å². The van der Waals surface area contributed by atoms with Crippen molar-refractivity contribution in [3.8, 4) is 0 Å². The number of rotatable bonds is 2. The lowest BCUT2D eigenvalue weighted by Crippen LogP contribution is -2.38. The molecule has 5 nitrogen and oxygen atoms in total. The average Bonchev–Trinajstić information content (AvgIpc) is 2.70. The quantitative estimate of drug-likeness (QED) is 0.729. The highest BCUT2D eigenvalue weighted by Gasteiger charge is 2.26. The molecule has 0 radical (unpaired) electrons. The number of aryl methyl sites for hydroxylation is 1. The zero-order chi connectivity index (χ0) is 10.8. The van der Waals surface area contributed by atoms with Crippen LogP contribution in [0.15, 0.2) is 17.2 Å². The van der Waals surface area contributed by atoms with Crippen LogP contribution in [0.2, 0.25) is 0 Å². The Morgan fingerprint density at radius 1 is 1.67 bits per heavy atom. The van der Waals surface area contributed by atoms with Crippen molar-refractivity contribution in [2.24, 2.45) is 7.05 Å². The van der Waals surface area contributed by atoms with Gasteiger partial charge in [0.25, 0.3) is 5.56 Å². The van der Waals surface area contributed by atoms with E-state index in [4.69, 9.17) is 0 Å². The standard InChI is InChI=1S/C10H15N3O2/c1-12-6-4-11-9(10(12)15)13-5-2-3-8(13)7-14/h4,6,8,14H,2-3,5,7H2,1H3/t8-/m0/s1. The van der Waals surface area contributed by atoms with Gasteiger partial charge in [0.2, 0.25) is 0 Å². The van der Waals surface area contributed by atoms with E-state index in [1.807, 2.05) is 4.90 Å². The van der Waals surface area contributed by atoms with Crippen molar-refractivity contribution in [2.45, 2.75) is 18.9 Å². The molecule has 0 amide bonds. The van der Waals surface area contributed by atoms with Gasteiger partial charge in [0.1, 0.15) is 0 Å². The summed E-state index contributed by atoms with van der Waals surface area (Å²) in [7, 11) is 1.71. The molecule has 1 aliphatic rings. The van der Waals surface area contributed by atoms with Gasteiger partial charge in [-0.2, -0.15) is 0 Å². The summed E-state index contributed by atoms with van der Waals surface area (Å²) in [6.45, 7) is 0.886. The zero-order valence-electron chi connectivity index (χ0n) is 8.76. The molecule has 1 atom stereocenters. The zero-order valence-corrected chi connectivity index (χ0v) is 8.76. The molecule has 2 rings (SSSR count). The molecule has 0 spiro atoms. The molecule has 0 bridgehead atoms. The largest absolute Gasteiger partial charge is 0.394 e. The molecule has 0 saturated carbocycles. The normalized spacial score (nSPS) is 20.9. The number of aliphatic hydroxyl groups excluding tert-OH is 1. The molecular formula is C10H15N3O2. The lowest BCUT2D eigenvalue weighted by molar-refractivity contribution is 0.266. The highest BCUT2D eigenvalue weighted by atomic mass is 16.3. The molecule has 82 valence electrons. The number of aromatic nitrogens is 2. The van der Waals surface area contributed by atoms with Gasteiger partial charge in [-0.25, -0.2) is 4.98 Å². The number of nitrogens with zero attached hydrogens (tertiary/aromatic N) is 3. The monoisotopic (exact) mass is 209 g/mol. The second kappa shape index (κ2) is 4.02. The van der Waals surface area contributed by atoms with Crippen molar-refractivity contribution >= 4 is 5.82 Å². The number of aliphatic hydroxyl groups is 1. The second-order valence-electron chi connectivity index (χ2n) is 3.84. The molecule has 1 fully saturated rings. The SMILES string of the molecule is Cn1ccnc(N2CCC[C@H]2CO)c1=O.